The molecule has 1 saturated heterocycles. The van der Waals surface area contributed by atoms with Gasteiger partial charge in [-0.2, -0.15) is 0 Å². The van der Waals surface area contributed by atoms with E-state index in [9.17, 15) is 0 Å². The fraction of sp³-hybridized carbons (Fsp3) is 0.636. The van der Waals surface area contributed by atoms with Gasteiger partial charge in [-0.25, -0.2) is 4.98 Å². The molecule has 1 fully saturated rings. The normalized spacial score (nSPS) is 17.2. The van der Waals surface area contributed by atoms with Crippen LogP contribution in [0.2, 0.25) is 0 Å². The van der Waals surface area contributed by atoms with Crippen LogP contribution in [0.15, 0.2) is 12.4 Å². The molecule has 0 aromatic carbocycles. The predicted octanol–water partition coefficient (Wildman–Crippen LogP) is 0.423. The van der Waals surface area contributed by atoms with E-state index in [1.807, 2.05) is 19.4 Å². The van der Waals surface area contributed by atoms with Crippen LogP contribution in [0.1, 0.15) is 12.1 Å². The molecule has 1 N–H and O–H groups in total. The van der Waals surface area contributed by atoms with E-state index >= 15 is 0 Å². The molecule has 0 radical (unpaired) electrons. The third-order valence-electron chi connectivity index (χ3n) is 2.60. The number of anilines is 1. The average molecular weight is 222 g/mol. The van der Waals surface area contributed by atoms with Crippen molar-refractivity contribution in [2.24, 2.45) is 0 Å². The first-order chi connectivity index (χ1) is 7.90. The Hall–Kier alpha value is -1.20. The van der Waals surface area contributed by atoms with E-state index < -0.39 is 0 Å². The molecule has 88 valence electrons. The molecule has 0 spiro atoms. The summed E-state index contributed by atoms with van der Waals surface area (Å²) < 4.78 is 5.41. The minimum atomic E-state index is 0.760. The zero-order valence-electron chi connectivity index (χ0n) is 9.65. The summed E-state index contributed by atoms with van der Waals surface area (Å²) in [6.07, 6.45) is 4.73. The van der Waals surface area contributed by atoms with Crippen LogP contribution in [-0.2, 0) is 11.3 Å². The highest BCUT2D eigenvalue weighted by molar-refractivity contribution is 5.35. The topological polar surface area (TPSA) is 50.3 Å². The van der Waals surface area contributed by atoms with Crippen LogP contribution in [0.5, 0.6) is 0 Å². The Bertz CT molecular complexity index is 306. The number of nitrogens with one attached hydrogen (secondary N) is 1. The maximum Gasteiger partial charge on any atom is 0.147 e. The molecule has 5 nitrogen and oxygen atoms in total. The zero-order chi connectivity index (χ0) is 11.2. The molecule has 0 atom stereocenters. The van der Waals surface area contributed by atoms with Gasteiger partial charge < -0.3 is 15.0 Å². The average Bonchev–Trinajstić information content (AvgIpc) is 2.59. The summed E-state index contributed by atoms with van der Waals surface area (Å²) in [7, 11) is 1.90. The molecule has 0 saturated carbocycles. The number of hydrogen-bond donors (Lipinski definition) is 1. The molecule has 1 aromatic rings. The van der Waals surface area contributed by atoms with E-state index in [0.717, 1.165) is 50.8 Å². The number of aromatic nitrogens is 2. The highest BCUT2D eigenvalue weighted by atomic mass is 16.5. The molecule has 0 aliphatic carbocycles. The Morgan fingerprint density at radius 2 is 2.25 bits per heavy atom. The van der Waals surface area contributed by atoms with E-state index in [-0.39, 0.29) is 0 Å². The van der Waals surface area contributed by atoms with Gasteiger partial charge in [0, 0.05) is 26.2 Å². The summed E-state index contributed by atoms with van der Waals surface area (Å²) >= 11 is 0. The summed E-state index contributed by atoms with van der Waals surface area (Å²) in [6, 6.07) is 0. The number of ether oxygens (including phenoxy) is 1. The predicted molar refractivity (Wildman–Crippen MR) is 62.4 cm³/mol. The van der Waals surface area contributed by atoms with Gasteiger partial charge in [0.25, 0.3) is 0 Å². The maximum atomic E-state index is 5.41. The molecule has 2 rings (SSSR count). The Labute approximate surface area is 95.8 Å². The summed E-state index contributed by atoms with van der Waals surface area (Å²) in [5.74, 6) is 0.949. The Kier molecular flexibility index (Phi) is 4.07. The first-order valence-corrected chi connectivity index (χ1v) is 5.68. The summed E-state index contributed by atoms with van der Waals surface area (Å²) in [5, 5.41) is 3.06. The second-order valence-corrected chi connectivity index (χ2v) is 3.85. The number of nitrogens with zero attached hydrogens (tertiary/aromatic N) is 3. The molecule has 0 unspecified atom stereocenters. The van der Waals surface area contributed by atoms with Crippen molar-refractivity contribution in [1.29, 1.82) is 0 Å². The fourth-order valence-corrected chi connectivity index (χ4v) is 1.76. The lowest BCUT2D eigenvalue weighted by molar-refractivity contribution is 0.152. The largest absolute Gasteiger partial charge is 0.380 e. The van der Waals surface area contributed by atoms with Crippen molar-refractivity contribution in [1.82, 2.24) is 15.3 Å². The third-order valence-corrected chi connectivity index (χ3v) is 2.60. The summed E-state index contributed by atoms with van der Waals surface area (Å²) in [4.78, 5) is 11.0. The first kappa shape index (κ1) is 11.3. The van der Waals surface area contributed by atoms with Gasteiger partial charge in [0.1, 0.15) is 5.82 Å². The lowest BCUT2D eigenvalue weighted by Crippen LogP contribution is -2.27. The van der Waals surface area contributed by atoms with E-state index in [0.29, 0.717) is 0 Å². The minimum Gasteiger partial charge on any atom is -0.380 e. The number of hydrogen-bond acceptors (Lipinski definition) is 5. The molecule has 2 heterocycles. The van der Waals surface area contributed by atoms with Gasteiger partial charge in [0.15, 0.2) is 0 Å². The monoisotopic (exact) mass is 222 g/mol. The Balaban J connectivity index is 2.01. The molecule has 1 aliphatic rings. The quantitative estimate of drug-likeness (QED) is 0.803. The van der Waals surface area contributed by atoms with Gasteiger partial charge in [0.05, 0.1) is 24.7 Å². The van der Waals surface area contributed by atoms with Crippen molar-refractivity contribution in [3.8, 4) is 0 Å². The summed E-state index contributed by atoms with van der Waals surface area (Å²) in [6.45, 7) is 4.29. The van der Waals surface area contributed by atoms with Crippen molar-refractivity contribution in [2.45, 2.75) is 13.0 Å². The third kappa shape index (κ3) is 2.90. The van der Waals surface area contributed by atoms with Crippen molar-refractivity contribution in [2.75, 3.05) is 38.3 Å². The van der Waals surface area contributed by atoms with Gasteiger partial charge in [0.2, 0.25) is 0 Å². The van der Waals surface area contributed by atoms with E-state index in [1.54, 1.807) is 0 Å². The van der Waals surface area contributed by atoms with Gasteiger partial charge in [-0.3, -0.25) is 4.98 Å². The Morgan fingerprint density at radius 3 is 3.00 bits per heavy atom. The van der Waals surface area contributed by atoms with Crippen LogP contribution in [0.25, 0.3) is 0 Å². The Morgan fingerprint density at radius 1 is 1.31 bits per heavy atom. The van der Waals surface area contributed by atoms with E-state index in [1.165, 1.54) is 0 Å². The van der Waals surface area contributed by atoms with E-state index in [2.05, 4.69) is 20.2 Å². The van der Waals surface area contributed by atoms with Crippen molar-refractivity contribution < 1.29 is 4.74 Å². The van der Waals surface area contributed by atoms with Crippen LogP contribution >= 0.6 is 0 Å². The van der Waals surface area contributed by atoms with Crippen LogP contribution in [-0.4, -0.2) is 43.3 Å². The van der Waals surface area contributed by atoms with Crippen LogP contribution in [0.4, 0.5) is 5.82 Å². The minimum absolute atomic E-state index is 0.760. The zero-order valence-corrected chi connectivity index (χ0v) is 9.65. The first-order valence-electron chi connectivity index (χ1n) is 5.68. The molecular weight excluding hydrogens is 204 g/mol. The van der Waals surface area contributed by atoms with Gasteiger partial charge >= 0.3 is 0 Å². The standard InChI is InChI=1S/C11H18N4O/c1-12-7-10-8-14-11(9-13-10)15-3-2-5-16-6-4-15/h8-9,12H,2-7H2,1H3. The molecule has 1 aromatic heterocycles. The van der Waals surface area contributed by atoms with Crippen LogP contribution < -0.4 is 10.2 Å². The van der Waals surface area contributed by atoms with Gasteiger partial charge in [-0.1, -0.05) is 0 Å². The second kappa shape index (κ2) is 5.77. The van der Waals surface area contributed by atoms with Gasteiger partial charge in [-0.15, -0.1) is 0 Å². The molecule has 5 heteroatoms. The van der Waals surface area contributed by atoms with Gasteiger partial charge in [-0.05, 0) is 13.5 Å². The molecule has 0 bridgehead atoms. The lowest BCUT2D eigenvalue weighted by Gasteiger charge is -2.20. The number of rotatable bonds is 3. The van der Waals surface area contributed by atoms with Crippen LogP contribution in [0.3, 0.4) is 0 Å². The second-order valence-electron chi connectivity index (χ2n) is 3.85. The molecule has 0 amide bonds. The highest BCUT2D eigenvalue weighted by Crippen LogP contribution is 2.11. The van der Waals surface area contributed by atoms with Crippen molar-refractivity contribution in [3.05, 3.63) is 18.1 Å². The lowest BCUT2D eigenvalue weighted by atomic mass is 10.4. The van der Waals surface area contributed by atoms with Crippen molar-refractivity contribution >= 4 is 5.82 Å². The maximum absolute atomic E-state index is 5.41. The van der Waals surface area contributed by atoms with E-state index in [4.69, 9.17) is 4.74 Å². The molecule has 1 aliphatic heterocycles. The summed E-state index contributed by atoms with van der Waals surface area (Å²) in [5.41, 5.74) is 0.970. The SMILES string of the molecule is CNCc1cnc(N2CCCOCC2)cn1. The highest BCUT2D eigenvalue weighted by Gasteiger charge is 2.11. The van der Waals surface area contributed by atoms with Crippen LogP contribution in [0, 0.1) is 0 Å². The molecular formula is C11H18N4O. The van der Waals surface area contributed by atoms with Crippen molar-refractivity contribution in [3.63, 3.8) is 0 Å². The fourth-order valence-electron chi connectivity index (χ4n) is 1.76. The molecule has 16 heavy (non-hydrogen) atoms. The smallest absolute Gasteiger partial charge is 0.147 e.